The molecule has 5 nitrogen and oxygen atoms in total. The molecular weight excluding hydrogens is 414 g/mol. The highest BCUT2D eigenvalue weighted by atomic mass is 32.2. The molecule has 154 valence electrons. The van der Waals surface area contributed by atoms with Crippen molar-refractivity contribution >= 4 is 46.3 Å². The summed E-state index contributed by atoms with van der Waals surface area (Å²) in [4.78, 5) is 31.5. The number of thiazole rings is 1. The predicted molar refractivity (Wildman–Crippen MR) is 123 cm³/mol. The van der Waals surface area contributed by atoms with Crippen molar-refractivity contribution in [1.29, 1.82) is 0 Å². The van der Waals surface area contributed by atoms with Gasteiger partial charge in [-0.25, -0.2) is 4.98 Å². The number of fused-ring (bicyclic) bond motifs is 1. The second-order valence-corrected chi connectivity index (χ2v) is 9.51. The normalized spacial score (nSPS) is 15.1. The van der Waals surface area contributed by atoms with Crippen LogP contribution in [-0.4, -0.2) is 28.6 Å². The first kappa shape index (κ1) is 20.6. The van der Waals surface area contributed by atoms with Gasteiger partial charge in [0.05, 0.1) is 17.9 Å². The first-order valence-corrected chi connectivity index (χ1v) is 11.7. The molecule has 3 aromatic rings. The van der Waals surface area contributed by atoms with Crippen molar-refractivity contribution in [3.63, 3.8) is 0 Å². The van der Waals surface area contributed by atoms with Crippen molar-refractivity contribution in [3.05, 3.63) is 70.7 Å². The molecule has 1 aromatic heterocycles. The van der Waals surface area contributed by atoms with Gasteiger partial charge in [-0.15, -0.1) is 11.3 Å². The van der Waals surface area contributed by atoms with Gasteiger partial charge in [0.15, 0.2) is 4.34 Å². The molecule has 0 saturated carbocycles. The molecule has 0 saturated heterocycles. The van der Waals surface area contributed by atoms with E-state index in [4.69, 9.17) is 0 Å². The molecule has 2 amide bonds. The summed E-state index contributed by atoms with van der Waals surface area (Å²) in [7, 11) is 0. The SMILES string of the molecule is Cc1ccc(NC(=O)CSc2nc(CC(=O)N3c4ccccc4CC3C)cs2)cc1. The van der Waals surface area contributed by atoms with Crippen LogP contribution < -0.4 is 10.2 Å². The van der Waals surface area contributed by atoms with E-state index in [0.29, 0.717) is 0 Å². The van der Waals surface area contributed by atoms with E-state index >= 15 is 0 Å². The number of nitrogens with zero attached hydrogens (tertiary/aromatic N) is 2. The molecule has 7 heteroatoms. The summed E-state index contributed by atoms with van der Waals surface area (Å²) < 4.78 is 0.798. The van der Waals surface area contributed by atoms with E-state index in [1.54, 1.807) is 0 Å². The molecule has 0 spiro atoms. The number of nitrogens with one attached hydrogen (secondary N) is 1. The van der Waals surface area contributed by atoms with Crippen LogP contribution in [0.1, 0.15) is 23.7 Å². The number of carbonyl (C=O) groups is 2. The van der Waals surface area contributed by atoms with Crippen molar-refractivity contribution in [1.82, 2.24) is 4.98 Å². The van der Waals surface area contributed by atoms with Crippen LogP contribution in [-0.2, 0) is 22.4 Å². The van der Waals surface area contributed by atoms with E-state index in [1.807, 2.05) is 59.7 Å². The van der Waals surface area contributed by atoms with Crippen LogP contribution in [0.25, 0.3) is 0 Å². The lowest BCUT2D eigenvalue weighted by atomic mass is 10.1. The third-order valence-electron chi connectivity index (χ3n) is 5.00. The largest absolute Gasteiger partial charge is 0.325 e. The lowest BCUT2D eigenvalue weighted by Crippen LogP contribution is -2.36. The lowest BCUT2D eigenvalue weighted by molar-refractivity contribution is -0.118. The predicted octanol–water partition coefficient (Wildman–Crippen LogP) is 4.70. The maximum absolute atomic E-state index is 12.9. The van der Waals surface area contributed by atoms with Gasteiger partial charge in [0, 0.05) is 22.8 Å². The Morgan fingerprint density at radius 1 is 1.20 bits per heavy atom. The summed E-state index contributed by atoms with van der Waals surface area (Å²) in [6.45, 7) is 4.09. The summed E-state index contributed by atoms with van der Waals surface area (Å²) in [5.74, 6) is 0.274. The molecule has 30 heavy (non-hydrogen) atoms. The Morgan fingerprint density at radius 3 is 2.77 bits per heavy atom. The summed E-state index contributed by atoms with van der Waals surface area (Å²) in [5.41, 5.74) is 4.92. The van der Waals surface area contributed by atoms with E-state index in [0.717, 1.165) is 33.4 Å². The highest BCUT2D eigenvalue weighted by Gasteiger charge is 2.30. The fraction of sp³-hybridized carbons (Fsp3) is 0.261. The monoisotopic (exact) mass is 437 g/mol. The van der Waals surface area contributed by atoms with Gasteiger partial charge in [0.2, 0.25) is 11.8 Å². The number of hydrogen-bond acceptors (Lipinski definition) is 5. The van der Waals surface area contributed by atoms with E-state index in [9.17, 15) is 9.59 Å². The topological polar surface area (TPSA) is 62.3 Å². The van der Waals surface area contributed by atoms with Gasteiger partial charge in [-0.1, -0.05) is 47.7 Å². The fourth-order valence-electron chi connectivity index (χ4n) is 3.58. The van der Waals surface area contributed by atoms with Crippen LogP contribution in [0.2, 0.25) is 0 Å². The minimum absolute atomic E-state index is 0.0615. The lowest BCUT2D eigenvalue weighted by Gasteiger charge is -2.22. The molecule has 1 unspecified atom stereocenters. The van der Waals surface area contributed by atoms with Crippen LogP contribution in [0, 0.1) is 6.92 Å². The molecule has 0 bridgehead atoms. The minimum Gasteiger partial charge on any atom is -0.325 e. The Balaban J connectivity index is 1.31. The molecule has 0 radical (unpaired) electrons. The van der Waals surface area contributed by atoms with Gasteiger partial charge in [0.1, 0.15) is 0 Å². The summed E-state index contributed by atoms with van der Waals surface area (Å²) in [6.07, 6.45) is 1.15. The van der Waals surface area contributed by atoms with E-state index in [2.05, 4.69) is 23.3 Å². The van der Waals surface area contributed by atoms with Crippen molar-refractivity contribution in [2.75, 3.05) is 16.0 Å². The average Bonchev–Trinajstić information content (AvgIpc) is 3.31. The van der Waals surface area contributed by atoms with Crippen molar-refractivity contribution in [3.8, 4) is 0 Å². The number of aryl methyl sites for hydroxylation is 1. The van der Waals surface area contributed by atoms with Crippen LogP contribution >= 0.6 is 23.1 Å². The van der Waals surface area contributed by atoms with Gasteiger partial charge in [-0.2, -0.15) is 0 Å². The molecule has 2 aromatic carbocycles. The first-order chi connectivity index (χ1) is 14.5. The second kappa shape index (κ2) is 9.02. The number of thioether (sulfide) groups is 1. The maximum atomic E-state index is 12.9. The Hall–Kier alpha value is -2.64. The van der Waals surface area contributed by atoms with E-state index in [-0.39, 0.29) is 30.0 Å². The molecular formula is C23H23N3O2S2. The van der Waals surface area contributed by atoms with Crippen LogP contribution in [0.15, 0.2) is 58.3 Å². The quantitative estimate of drug-likeness (QED) is 0.568. The van der Waals surface area contributed by atoms with Gasteiger partial charge in [-0.3, -0.25) is 9.59 Å². The number of amides is 2. The summed E-state index contributed by atoms with van der Waals surface area (Å²) >= 11 is 2.86. The molecule has 1 aliphatic rings. The average molecular weight is 438 g/mol. The third-order valence-corrected chi connectivity index (χ3v) is 7.07. The second-order valence-electron chi connectivity index (χ2n) is 7.43. The molecule has 1 N–H and O–H groups in total. The smallest absolute Gasteiger partial charge is 0.234 e. The molecule has 2 heterocycles. The van der Waals surface area contributed by atoms with Gasteiger partial charge >= 0.3 is 0 Å². The summed E-state index contributed by atoms with van der Waals surface area (Å²) in [5, 5.41) is 4.79. The minimum atomic E-state index is -0.0702. The molecule has 0 aliphatic carbocycles. The number of rotatable bonds is 6. The van der Waals surface area contributed by atoms with Crippen molar-refractivity contribution in [2.45, 2.75) is 37.1 Å². The van der Waals surface area contributed by atoms with Crippen LogP contribution in [0.5, 0.6) is 0 Å². The zero-order valence-corrected chi connectivity index (χ0v) is 18.6. The number of benzene rings is 2. The summed E-state index contributed by atoms with van der Waals surface area (Å²) in [6, 6.07) is 15.9. The Labute approximate surface area is 184 Å². The zero-order valence-electron chi connectivity index (χ0n) is 16.9. The number of para-hydroxylation sites is 1. The standard InChI is InChI=1S/C23H23N3O2S2/c1-15-7-9-18(10-8-15)24-21(27)14-30-23-25-19(13-29-23)12-22(28)26-16(2)11-17-5-3-4-6-20(17)26/h3-10,13,16H,11-12,14H2,1-2H3,(H,24,27). The number of hydrogen-bond donors (Lipinski definition) is 1. The fourth-order valence-corrected chi connectivity index (χ4v) is 5.23. The number of carbonyl (C=O) groups excluding carboxylic acids is 2. The Kier molecular flexibility index (Phi) is 6.20. The zero-order chi connectivity index (χ0) is 21.1. The Bertz CT molecular complexity index is 1060. The van der Waals surface area contributed by atoms with Crippen LogP contribution in [0.4, 0.5) is 11.4 Å². The van der Waals surface area contributed by atoms with Gasteiger partial charge in [0.25, 0.3) is 0 Å². The molecule has 4 rings (SSSR count). The van der Waals surface area contributed by atoms with Crippen LogP contribution in [0.3, 0.4) is 0 Å². The molecule has 0 fully saturated rings. The molecule has 1 aliphatic heterocycles. The maximum Gasteiger partial charge on any atom is 0.234 e. The van der Waals surface area contributed by atoms with E-state index in [1.165, 1.54) is 28.7 Å². The third kappa shape index (κ3) is 4.74. The van der Waals surface area contributed by atoms with Gasteiger partial charge in [-0.05, 0) is 44.0 Å². The number of anilines is 2. The van der Waals surface area contributed by atoms with Gasteiger partial charge < -0.3 is 10.2 Å². The van der Waals surface area contributed by atoms with E-state index < -0.39 is 0 Å². The number of aromatic nitrogens is 1. The van der Waals surface area contributed by atoms with Crippen molar-refractivity contribution < 1.29 is 9.59 Å². The Morgan fingerprint density at radius 2 is 1.97 bits per heavy atom. The first-order valence-electron chi connectivity index (χ1n) is 9.83. The molecule has 1 atom stereocenters. The highest BCUT2D eigenvalue weighted by Crippen LogP contribution is 2.32. The highest BCUT2D eigenvalue weighted by molar-refractivity contribution is 8.01. The van der Waals surface area contributed by atoms with Crippen molar-refractivity contribution in [2.24, 2.45) is 0 Å².